The van der Waals surface area contributed by atoms with Crippen LogP contribution < -0.4 is 5.43 Å². The highest BCUT2D eigenvalue weighted by atomic mass is 16.5. The average molecular weight is 316 g/mol. The second-order valence-electron chi connectivity index (χ2n) is 4.46. The molecule has 120 valence electrons. The van der Waals surface area contributed by atoms with Crippen LogP contribution in [0.5, 0.6) is 0 Å². The molecule has 0 atom stereocenters. The van der Waals surface area contributed by atoms with E-state index < -0.39 is 17.4 Å². The fourth-order valence-corrected chi connectivity index (χ4v) is 1.86. The normalized spacial score (nSPS) is 10.2. The average Bonchev–Trinajstić information content (AvgIpc) is 2.56. The van der Waals surface area contributed by atoms with Crippen LogP contribution in [0.25, 0.3) is 5.69 Å². The number of ether oxygens (including phenoxy) is 2. The highest BCUT2D eigenvalue weighted by molar-refractivity contribution is 5.89. The van der Waals surface area contributed by atoms with Crippen LogP contribution >= 0.6 is 0 Å². The molecule has 0 unspecified atom stereocenters. The fraction of sp³-hybridized carbons (Fsp3) is 0.250. The number of hydrogen-bond donors (Lipinski definition) is 0. The Labute approximate surface area is 132 Å². The van der Waals surface area contributed by atoms with Gasteiger partial charge in [-0.15, -0.1) is 0 Å². The van der Waals surface area contributed by atoms with Gasteiger partial charge in [0, 0.05) is 12.3 Å². The molecule has 0 aliphatic heterocycles. The summed E-state index contributed by atoms with van der Waals surface area (Å²) in [6, 6.07) is 7.67. The Hall–Kier alpha value is -2.96. The van der Waals surface area contributed by atoms with E-state index in [0.29, 0.717) is 17.9 Å². The van der Waals surface area contributed by atoms with E-state index in [9.17, 15) is 14.4 Å². The topological polar surface area (TPSA) is 87.5 Å². The number of nitrogens with zero attached hydrogens (tertiary/aromatic N) is 2. The molecule has 0 spiro atoms. The minimum atomic E-state index is -0.769. The van der Waals surface area contributed by atoms with Crippen molar-refractivity contribution in [2.24, 2.45) is 0 Å². The van der Waals surface area contributed by atoms with Crippen molar-refractivity contribution < 1.29 is 19.1 Å². The molecule has 0 saturated heterocycles. The van der Waals surface area contributed by atoms with Crippen molar-refractivity contribution in [2.45, 2.75) is 13.8 Å². The van der Waals surface area contributed by atoms with Gasteiger partial charge in [0.1, 0.15) is 0 Å². The lowest BCUT2D eigenvalue weighted by atomic mass is 10.2. The third kappa shape index (κ3) is 3.82. The second kappa shape index (κ2) is 7.35. The number of hydrogen-bond acceptors (Lipinski definition) is 6. The maximum atomic E-state index is 11.7. The van der Waals surface area contributed by atoms with Gasteiger partial charge in [-0.05, 0) is 38.1 Å². The van der Waals surface area contributed by atoms with Crippen LogP contribution in [0, 0.1) is 0 Å². The lowest BCUT2D eigenvalue weighted by Gasteiger charge is -2.08. The standard InChI is InChI=1S/C16H16N2O5/c1-3-22-15(20)11-5-7-12(8-6-11)18-10-9-13(19)14(17-18)16(21)23-4-2/h5-10H,3-4H2,1-2H3. The third-order valence-corrected chi connectivity index (χ3v) is 2.92. The molecule has 2 aromatic rings. The molecule has 0 saturated carbocycles. The smallest absolute Gasteiger partial charge is 0.362 e. The lowest BCUT2D eigenvalue weighted by Crippen LogP contribution is -2.22. The van der Waals surface area contributed by atoms with Crippen molar-refractivity contribution in [3.8, 4) is 5.69 Å². The summed E-state index contributed by atoms with van der Waals surface area (Å²) in [6.07, 6.45) is 1.43. The Bertz CT molecular complexity index is 765. The maximum Gasteiger partial charge on any atom is 0.362 e. The summed E-state index contributed by atoms with van der Waals surface area (Å²) in [4.78, 5) is 35.0. The predicted molar refractivity (Wildman–Crippen MR) is 81.7 cm³/mol. The molecular weight excluding hydrogens is 300 g/mol. The first-order chi connectivity index (χ1) is 11.1. The van der Waals surface area contributed by atoms with E-state index in [4.69, 9.17) is 9.47 Å². The van der Waals surface area contributed by atoms with Gasteiger partial charge in [0.2, 0.25) is 11.1 Å². The molecule has 7 heteroatoms. The van der Waals surface area contributed by atoms with Gasteiger partial charge >= 0.3 is 11.9 Å². The van der Waals surface area contributed by atoms with Gasteiger partial charge in [-0.2, -0.15) is 5.10 Å². The second-order valence-corrected chi connectivity index (χ2v) is 4.46. The summed E-state index contributed by atoms with van der Waals surface area (Å²) in [5.74, 6) is -1.19. The predicted octanol–water partition coefficient (Wildman–Crippen LogP) is 1.59. The van der Waals surface area contributed by atoms with Crippen molar-refractivity contribution in [3.05, 3.63) is 58.0 Å². The van der Waals surface area contributed by atoms with E-state index in [1.54, 1.807) is 38.1 Å². The Morgan fingerprint density at radius 1 is 1.00 bits per heavy atom. The Kier molecular flexibility index (Phi) is 5.24. The molecule has 7 nitrogen and oxygen atoms in total. The van der Waals surface area contributed by atoms with Crippen molar-refractivity contribution in [1.82, 2.24) is 9.78 Å². The molecule has 0 aliphatic carbocycles. The summed E-state index contributed by atoms with van der Waals surface area (Å²) in [5, 5.41) is 3.99. The molecular formula is C16H16N2O5. The lowest BCUT2D eigenvalue weighted by molar-refractivity contribution is 0.0510. The van der Waals surface area contributed by atoms with Gasteiger partial charge in [-0.3, -0.25) is 4.79 Å². The number of benzene rings is 1. The first-order valence-electron chi connectivity index (χ1n) is 7.11. The van der Waals surface area contributed by atoms with Gasteiger partial charge < -0.3 is 9.47 Å². The molecule has 0 radical (unpaired) electrons. The largest absolute Gasteiger partial charge is 0.462 e. The van der Waals surface area contributed by atoms with Crippen LogP contribution in [-0.4, -0.2) is 34.9 Å². The molecule has 0 aliphatic rings. The number of rotatable bonds is 5. The van der Waals surface area contributed by atoms with Crippen molar-refractivity contribution in [2.75, 3.05) is 13.2 Å². The molecule has 1 aromatic heterocycles. The Balaban J connectivity index is 2.32. The zero-order valence-corrected chi connectivity index (χ0v) is 12.8. The van der Waals surface area contributed by atoms with Crippen LogP contribution in [-0.2, 0) is 9.47 Å². The number of esters is 2. The van der Waals surface area contributed by atoms with Crippen molar-refractivity contribution in [3.63, 3.8) is 0 Å². The minimum Gasteiger partial charge on any atom is -0.462 e. The van der Waals surface area contributed by atoms with Crippen LogP contribution in [0.4, 0.5) is 0 Å². The first-order valence-corrected chi connectivity index (χ1v) is 7.11. The van der Waals surface area contributed by atoms with E-state index in [-0.39, 0.29) is 12.3 Å². The van der Waals surface area contributed by atoms with E-state index in [1.807, 2.05) is 0 Å². The van der Waals surface area contributed by atoms with Gasteiger partial charge in [-0.1, -0.05) is 0 Å². The minimum absolute atomic E-state index is 0.156. The Morgan fingerprint density at radius 3 is 2.22 bits per heavy atom. The van der Waals surface area contributed by atoms with Gasteiger partial charge in [-0.25, -0.2) is 14.3 Å². The number of carbonyl (C=O) groups is 2. The summed E-state index contributed by atoms with van der Waals surface area (Å²) >= 11 is 0. The van der Waals surface area contributed by atoms with Crippen LogP contribution in [0.3, 0.4) is 0 Å². The Morgan fingerprint density at radius 2 is 1.61 bits per heavy atom. The zero-order valence-electron chi connectivity index (χ0n) is 12.8. The van der Waals surface area contributed by atoms with Crippen molar-refractivity contribution in [1.29, 1.82) is 0 Å². The molecule has 1 aromatic carbocycles. The van der Waals surface area contributed by atoms with Crippen molar-refractivity contribution >= 4 is 11.9 Å². The fourth-order valence-electron chi connectivity index (χ4n) is 1.86. The molecule has 1 heterocycles. The van der Waals surface area contributed by atoms with E-state index in [0.717, 1.165) is 0 Å². The van der Waals surface area contributed by atoms with E-state index in [1.165, 1.54) is 16.9 Å². The van der Waals surface area contributed by atoms with E-state index >= 15 is 0 Å². The highest BCUT2D eigenvalue weighted by Crippen LogP contribution is 2.09. The molecule has 2 rings (SSSR count). The third-order valence-electron chi connectivity index (χ3n) is 2.92. The summed E-state index contributed by atoms with van der Waals surface area (Å²) in [7, 11) is 0. The van der Waals surface area contributed by atoms with Crippen LogP contribution in [0.15, 0.2) is 41.3 Å². The monoisotopic (exact) mass is 316 g/mol. The molecule has 0 fully saturated rings. The zero-order chi connectivity index (χ0) is 16.8. The van der Waals surface area contributed by atoms with Gasteiger partial charge in [0.25, 0.3) is 0 Å². The van der Waals surface area contributed by atoms with Crippen LogP contribution in [0.1, 0.15) is 34.7 Å². The highest BCUT2D eigenvalue weighted by Gasteiger charge is 2.14. The molecule has 23 heavy (non-hydrogen) atoms. The van der Waals surface area contributed by atoms with E-state index in [2.05, 4.69) is 5.10 Å². The quantitative estimate of drug-likeness (QED) is 0.778. The first kappa shape index (κ1) is 16.4. The van der Waals surface area contributed by atoms with Gasteiger partial charge in [0.05, 0.1) is 24.5 Å². The maximum absolute atomic E-state index is 11.7. The SMILES string of the molecule is CCOC(=O)c1ccc(-n2ccc(=O)c(C(=O)OCC)n2)cc1. The summed E-state index contributed by atoms with van der Waals surface area (Å²) < 4.78 is 11.1. The van der Waals surface area contributed by atoms with Crippen LogP contribution in [0.2, 0.25) is 0 Å². The number of aromatic nitrogens is 2. The molecule has 0 N–H and O–H groups in total. The van der Waals surface area contributed by atoms with Gasteiger partial charge in [0.15, 0.2) is 0 Å². The summed E-state index contributed by atoms with van der Waals surface area (Å²) in [6.45, 7) is 3.83. The number of carbonyl (C=O) groups excluding carboxylic acids is 2. The summed E-state index contributed by atoms with van der Waals surface area (Å²) in [5.41, 5.74) is 0.192. The molecule has 0 bridgehead atoms. The molecule has 0 amide bonds.